The Bertz CT molecular complexity index is 995. The minimum atomic E-state index is -0.184. The molecule has 0 saturated carbocycles. The number of pyridine rings is 2. The second-order valence-electron chi connectivity index (χ2n) is 6.14. The van der Waals surface area contributed by atoms with Gasteiger partial charge < -0.3 is 10.3 Å². The molecule has 3 N–H and O–H groups in total. The monoisotopic (exact) mass is 429 g/mol. The van der Waals surface area contributed by atoms with E-state index in [1.54, 1.807) is 24.7 Å². The average molecular weight is 430 g/mol. The first kappa shape index (κ1) is 19.0. The summed E-state index contributed by atoms with van der Waals surface area (Å²) in [7, 11) is 0. The fourth-order valence-corrected chi connectivity index (χ4v) is 3.09. The van der Waals surface area contributed by atoms with Crippen molar-refractivity contribution in [1.82, 2.24) is 19.9 Å². The minimum absolute atomic E-state index is 0.166. The Labute approximate surface area is 164 Å². The maximum atomic E-state index is 12.2. The first-order valence-electron chi connectivity index (χ1n) is 8.71. The number of hydrogen-bond acceptors (Lipinski definition) is 5. The zero-order chi connectivity index (χ0) is 19.1. The lowest BCUT2D eigenvalue weighted by atomic mass is 10.1. The quantitative estimate of drug-likeness (QED) is 0.477. The summed E-state index contributed by atoms with van der Waals surface area (Å²) in [4.78, 5) is 37.2. The van der Waals surface area contributed by atoms with E-state index in [0.717, 1.165) is 35.0 Å². The minimum Gasteiger partial charge on any atom is -0.356 e. The van der Waals surface area contributed by atoms with Crippen LogP contribution in [-0.2, 0) is 12.8 Å². The lowest BCUT2D eigenvalue weighted by molar-refractivity contribution is 0.742. The van der Waals surface area contributed by atoms with Gasteiger partial charge in [0.2, 0.25) is 11.5 Å². The highest BCUT2D eigenvalue weighted by Gasteiger charge is 2.05. The average Bonchev–Trinajstić information content (AvgIpc) is 2.67. The molecule has 0 fully saturated rings. The molecule has 3 heterocycles. The third-order valence-corrected chi connectivity index (χ3v) is 4.81. The standard InChI is InChI=1S/C19H20BrN5O2/c20-15-4-3-9-21-16(15)5-1-2-8-22-19-24-12-14(18(27)25-19)10-13-6-7-17(26)23-11-13/h3-4,6-7,9,11-12H,1-2,5,8,10H2,(H,23,26)(H2,22,24,25,27). The van der Waals surface area contributed by atoms with E-state index in [9.17, 15) is 9.59 Å². The number of anilines is 1. The van der Waals surface area contributed by atoms with Crippen LogP contribution in [0.1, 0.15) is 29.7 Å². The largest absolute Gasteiger partial charge is 0.356 e. The first-order chi connectivity index (χ1) is 13.1. The van der Waals surface area contributed by atoms with Crippen LogP contribution in [0.4, 0.5) is 5.95 Å². The van der Waals surface area contributed by atoms with Gasteiger partial charge >= 0.3 is 0 Å². The van der Waals surface area contributed by atoms with Crippen molar-refractivity contribution in [2.75, 3.05) is 11.9 Å². The van der Waals surface area contributed by atoms with Gasteiger partial charge in [-0.15, -0.1) is 0 Å². The lowest BCUT2D eigenvalue weighted by Crippen LogP contribution is -2.18. The summed E-state index contributed by atoms with van der Waals surface area (Å²) < 4.78 is 1.03. The molecule has 8 heteroatoms. The molecule has 0 aliphatic heterocycles. The van der Waals surface area contributed by atoms with Crippen LogP contribution in [0, 0.1) is 0 Å². The van der Waals surface area contributed by atoms with Gasteiger partial charge in [-0.05, 0) is 52.9 Å². The SMILES string of the molecule is O=c1ccc(Cc2cnc(NCCCCc3ncccc3Br)[nH]c2=O)c[nH]1. The summed E-state index contributed by atoms with van der Waals surface area (Å²) >= 11 is 3.50. The molecular formula is C19H20BrN5O2. The second-order valence-corrected chi connectivity index (χ2v) is 6.99. The highest BCUT2D eigenvalue weighted by Crippen LogP contribution is 2.15. The Morgan fingerprint density at radius 2 is 2.00 bits per heavy atom. The van der Waals surface area contributed by atoms with Crippen LogP contribution in [0.3, 0.4) is 0 Å². The molecular weight excluding hydrogens is 410 g/mol. The van der Waals surface area contributed by atoms with Crippen molar-refractivity contribution in [1.29, 1.82) is 0 Å². The molecule has 0 aromatic carbocycles. The summed E-state index contributed by atoms with van der Waals surface area (Å²) in [5.41, 5.74) is 2.10. The van der Waals surface area contributed by atoms with E-state index in [1.165, 1.54) is 6.07 Å². The van der Waals surface area contributed by atoms with Gasteiger partial charge in [0.25, 0.3) is 5.56 Å². The van der Waals surface area contributed by atoms with Crippen LogP contribution >= 0.6 is 15.9 Å². The van der Waals surface area contributed by atoms with Gasteiger partial charge in [-0.25, -0.2) is 4.98 Å². The maximum Gasteiger partial charge on any atom is 0.255 e. The van der Waals surface area contributed by atoms with E-state index >= 15 is 0 Å². The number of halogens is 1. The Balaban J connectivity index is 1.47. The van der Waals surface area contributed by atoms with E-state index in [4.69, 9.17) is 0 Å². The van der Waals surface area contributed by atoms with Gasteiger partial charge in [-0.3, -0.25) is 19.6 Å². The zero-order valence-corrected chi connectivity index (χ0v) is 16.3. The smallest absolute Gasteiger partial charge is 0.255 e. The van der Waals surface area contributed by atoms with Crippen molar-refractivity contribution in [3.8, 4) is 0 Å². The van der Waals surface area contributed by atoms with E-state index in [1.807, 2.05) is 12.1 Å². The summed E-state index contributed by atoms with van der Waals surface area (Å²) in [6.07, 6.45) is 8.19. The van der Waals surface area contributed by atoms with Gasteiger partial charge in [-0.1, -0.05) is 6.07 Å². The molecule has 0 saturated heterocycles. The van der Waals surface area contributed by atoms with Crippen molar-refractivity contribution in [3.05, 3.63) is 84.9 Å². The van der Waals surface area contributed by atoms with E-state index < -0.39 is 0 Å². The highest BCUT2D eigenvalue weighted by molar-refractivity contribution is 9.10. The first-order valence-corrected chi connectivity index (χ1v) is 9.50. The molecule has 140 valence electrons. The number of nitrogens with one attached hydrogen (secondary N) is 3. The normalized spacial score (nSPS) is 10.7. The molecule has 0 spiro atoms. The van der Waals surface area contributed by atoms with Gasteiger partial charge in [0.1, 0.15) is 0 Å². The Morgan fingerprint density at radius 3 is 2.74 bits per heavy atom. The maximum absolute atomic E-state index is 12.2. The van der Waals surface area contributed by atoms with Crippen LogP contribution in [0.15, 0.2) is 56.9 Å². The predicted octanol–water partition coefficient (Wildman–Crippen LogP) is 2.64. The summed E-state index contributed by atoms with van der Waals surface area (Å²) in [5.74, 6) is 0.462. The molecule has 0 bridgehead atoms. The zero-order valence-electron chi connectivity index (χ0n) is 14.7. The van der Waals surface area contributed by atoms with Crippen LogP contribution in [0.5, 0.6) is 0 Å². The number of aromatic nitrogens is 4. The predicted molar refractivity (Wildman–Crippen MR) is 108 cm³/mol. The molecule has 0 unspecified atom stereocenters. The van der Waals surface area contributed by atoms with Gasteiger partial charge in [-0.2, -0.15) is 0 Å². The molecule has 7 nitrogen and oxygen atoms in total. The molecule has 0 aliphatic carbocycles. The number of nitrogens with zero attached hydrogens (tertiary/aromatic N) is 2. The van der Waals surface area contributed by atoms with Crippen LogP contribution in [0.2, 0.25) is 0 Å². The molecule has 3 aromatic heterocycles. The van der Waals surface area contributed by atoms with E-state index in [2.05, 4.69) is 41.2 Å². The third kappa shape index (κ3) is 5.62. The Hall–Kier alpha value is -2.74. The third-order valence-electron chi connectivity index (χ3n) is 4.08. The van der Waals surface area contributed by atoms with E-state index in [-0.39, 0.29) is 11.1 Å². The second kappa shape index (κ2) is 9.27. The number of H-pyrrole nitrogens is 2. The summed E-state index contributed by atoms with van der Waals surface area (Å²) in [6.45, 7) is 0.715. The molecule has 0 amide bonds. The molecule has 0 atom stereocenters. The highest BCUT2D eigenvalue weighted by atomic mass is 79.9. The van der Waals surface area contributed by atoms with Gasteiger partial charge in [0.15, 0.2) is 0 Å². The number of hydrogen-bond donors (Lipinski definition) is 3. The van der Waals surface area contributed by atoms with Crippen molar-refractivity contribution in [2.45, 2.75) is 25.7 Å². The van der Waals surface area contributed by atoms with Crippen molar-refractivity contribution in [3.63, 3.8) is 0 Å². The van der Waals surface area contributed by atoms with Gasteiger partial charge in [0.05, 0.1) is 5.69 Å². The fraction of sp³-hybridized carbons (Fsp3) is 0.263. The van der Waals surface area contributed by atoms with Crippen LogP contribution in [0.25, 0.3) is 0 Å². The molecule has 0 aliphatic rings. The van der Waals surface area contributed by atoms with Crippen molar-refractivity contribution in [2.24, 2.45) is 0 Å². The number of unbranched alkanes of at least 4 members (excludes halogenated alkanes) is 1. The molecule has 3 aromatic rings. The number of aryl methyl sites for hydroxylation is 1. The summed E-state index contributed by atoms with van der Waals surface area (Å²) in [5, 5.41) is 3.14. The van der Waals surface area contributed by atoms with Crippen LogP contribution in [-0.4, -0.2) is 26.5 Å². The fourth-order valence-electron chi connectivity index (χ4n) is 2.64. The molecule has 0 radical (unpaired) electrons. The number of rotatable bonds is 8. The lowest BCUT2D eigenvalue weighted by Gasteiger charge is -2.07. The van der Waals surface area contributed by atoms with Crippen LogP contribution < -0.4 is 16.4 Å². The topological polar surface area (TPSA) is 104 Å². The molecule has 27 heavy (non-hydrogen) atoms. The molecule has 3 rings (SSSR count). The van der Waals surface area contributed by atoms with Crippen molar-refractivity contribution < 1.29 is 0 Å². The van der Waals surface area contributed by atoms with Gasteiger partial charge in [0, 0.05) is 47.7 Å². The Kier molecular flexibility index (Phi) is 6.54. The van der Waals surface area contributed by atoms with E-state index in [0.29, 0.717) is 24.5 Å². The summed E-state index contributed by atoms with van der Waals surface area (Å²) in [6, 6.07) is 7.03. The Morgan fingerprint density at radius 1 is 1.11 bits per heavy atom. The van der Waals surface area contributed by atoms with Crippen molar-refractivity contribution >= 4 is 21.9 Å². The number of aromatic amines is 2.